The summed E-state index contributed by atoms with van der Waals surface area (Å²) in [5.74, 6) is -0.129. The monoisotopic (exact) mass is 370 g/mol. The second kappa shape index (κ2) is 5.47. The molecule has 0 bridgehead atoms. The number of benzene rings is 2. The Hall–Kier alpha value is -2.18. The van der Waals surface area contributed by atoms with E-state index < -0.39 is 0 Å². The molecule has 0 atom stereocenters. The van der Waals surface area contributed by atoms with Crippen LogP contribution in [0.2, 0.25) is 0 Å². The third kappa shape index (κ3) is 2.54. The average molecular weight is 371 g/mol. The topological polar surface area (TPSA) is 59.0 Å². The minimum absolute atomic E-state index is 0.129. The summed E-state index contributed by atoms with van der Waals surface area (Å²) in [7, 11) is 1.87. The summed E-state index contributed by atoms with van der Waals surface area (Å²) >= 11 is 3.47. The Morgan fingerprint density at radius 2 is 2.09 bits per heavy atom. The predicted molar refractivity (Wildman–Crippen MR) is 93.4 cm³/mol. The van der Waals surface area contributed by atoms with Crippen LogP contribution in [0.4, 0.5) is 5.69 Å². The van der Waals surface area contributed by atoms with Gasteiger partial charge in [0, 0.05) is 35.7 Å². The quantitative estimate of drug-likeness (QED) is 0.728. The van der Waals surface area contributed by atoms with Gasteiger partial charge in [0.15, 0.2) is 0 Å². The van der Waals surface area contributed by atoms with E-state index in [-0.39, 0.29) is 5.91 Å². The molecule has 1 aliphatic rings. The Bertz CT molecular complexity index is 932. The van der Waals surface area contributed by atoms with Crippen LogP contribution in [-0.4, -0.2) is 15.7 Å². The van der Waals surface area contributed by atoms with Gasteiger partial charge in [0.2, 0.25) is 0 Å². The molecule has 1 aliphatic heterocycles. The summed E-state index contributed by atoms with van der Waals surface area (Å²) < 4.78 is 2.62. The first kappa shape index (κ1) is 14.4. The van der Waals surface area contributed by atoms with Gasteiger partial charge in [0.05, 0.1) is 17.3 Å². The fourth-order valence-corrected chi connectivity index (χ4v) is 3.42. The second-order valence-corrected chi connectivity index (χ2v) is 6.61. The zero-order chi connectivity index (χ0) is 16.0. The first-order valence-corrected chi connectivity index (χ1v) is 8.16. The summed E-state index contributed by atoms with van der Waals surface area (Å²) in [6, 6.07) is 9.83. The number of anilines is 1. The van der Waals surface area contributed by atoms with Gasteiger partial charge in [-0.1, -0.05) is 22.0 Å². The number of carbonyl (C=O) groups is 1. The number of nitrogens with zero attached hydrogens (tertiary/aromatic N) is 2. The van der Waals surface area contributed by atoms with E-state index >= 15 is 0 Å². The van der Waals surface area contributed by atoms with Crippen molar-refractivity contribution in [3.05, 3.63) is 57.7 Å². The Kier molecular flexibility index (Phi) is 3.43. The lowest BCUT2D eigenvalue weighted by atomic mass is 10.1. The van der Waals surface area contributed by atoms with Crippen LogP contribution in [0.1, 0.15) is 21.5 Å². The maximum atomic E-state index is 12.7. The fourth-order valence-electron chi connectivity index (χ4n) is 2.97. The van der Waals surface area contributed by atoms with E-state index in [4.69, 9.17) is 0 Å². The smallest absolute Gasteiger partial charge is 0.256 e. The van der Waals surface area contributed by atoms with Crippen molar-refractivity contribution in [2.75, 3.05) is 5.32 Å². The maximum absolute atomic E-state index is 12.7. The van der Waals surface area contributed by atoms with Gasteiger partial charge in [0.25, 0.3) is 5.91 Å². The molecule has 0 radical (unpaired) electrons. The number of rotatable bonds is 2. The number of amides is 1. The average Bonchev–Trinajstić information content (AvgIpc) is 3.13. The number of nitrogens with one attached hydrogen (secondary N) is 2. The van der Waals surface area contributed by atoms with Gasteiger partial charge in [0.1, 0.15) is 0 Å². The molecule has 0 fully saturated rings. The van der Waals surface area contributed by atoms with Gasteiger partial charge in [-0.3, -0.25) is 9.48 Å². The van der Waals surface area contributed by atoms with Gasteiger partial charge in [-0.25, -0.2) is 0 Å². The van der Waals surface area contributed by atoms with Crippen molar-refractivity contribution in [1.29, 1.82) is 0 Å². The lowest BCUT2D eigenvalue weighted by Gasteiger charge is -2.09. The SMILES string of the molecule is Cn1ncc2c(C(=O)Nc3ccc4c(c3)CNC4)cc(Br)cc21. The van der Waals surface area contributed by atoms with Crippen molar-refractivity contribution >= 4 is 38.4 Å². The Balaban J connectivity index is 1.69. The van der Waals surface area contributed by atoms with Crippen molar-refractivity contribution < 1.29 is 4.79 Å². The summed E-state index contributed by atoms with van der Waals surface area (Å²) in [5, 5.41) is 11.4. The molecule has 2 heterocycles. The van der Waals surface area contributed by atoms with Crippen molar-refractivity contribution in [2.45, 2.75) is 13.1 Å². The van der Waals surface area contributed by atoms with E-state index in [1.54, 1.807) is 10.9 Å². The molecule has 1 amide bonds. The van der Waals surface area contributed by atoms with E-state index in [1.165, 1.54) is 11.1 Å². The van der Waals surface area contributed by atoms with Crippen LogP contribution >= 0.6 is 15.9 Å². The van der Waals surface area contributed by atoms with Gasteiger partial charge in [-0.2, -0.15) is 5.10 Å². The summed E-state index contributed by atoms with van der Waals surface area (Å²) in [6.07, 6.45) is 1.73. The number of aryl methyl sites for hydroxylation is 1. The molecule has 23 heavy (non-hydrogen) atoms. The number of hydrogen-bond acceptors (Lipinski definition) is 3. The molecule has 4 rings (SSSR count). The van der Waals surface area contributed by atoms with Crippen LogP contribution in [0.25, 0.3) is 10.9 Å². The summed E-state index contributed by atoms with van der Waals surface area (Å²) in [4.78, 5) is 12.7. The summed E-state index contributed by atoms with van der Waals surface area (Å²) in [6.45, 7) is 1.74. The molecule has 0 saturated carbocycles. The lowest BCUT2D eigenvalue weighted by Crippen LogP contribution is -2.12. The zero-order valence-corrected chi connectivity index (χ0v) is 14.1. The number of hydrogen-bond donors (Lipinski definition) is 2. The maximum Gasteiger partial charge on any atom is 0.256 e. The largest absolute Gasteiger partial charge is 0.322 e. The fraction of sp³-hybridized carbons (Fsp3) is 0.176. The number of halogens is 1. The van der Waals surface area contributed by atoms with Crippen molar-refractivity contribution in [1.82, 2.24) is 15.1 Å². The number of aromatic nitrogens is 2. The molecule has 0 saturated heterocycles. The zero-order valence-electron chi connectivity index (χ0n) is 12.6. The highest BCUT2D eigenvalue weighted by Gasteiger charge is 2.16. The predicted octanol–water partition coefficient (Wildman–Crippen LogP) is 3.19. The number of fused-ring (bicyclic) bond motifs is 2. The van der Waals surface area contributed by atoms with E-state index in [1.807, 2.05) is 31.3 Å². The molecule has 0 unspecified atom stereocenters. The van der Waals surface area contributed by atoms with Gasteiger partial charge in [-0.05, 0) is 35.4 Å². The number of carbonyl (C=O) groups excluding carboxylic acids is 1. The highest BCUT2D eigenvalue weighted by atomic mass is 79.9. The van der Waals surface area contributed by atoms with E-state index in [9.17, 15) is 4.79 Å². The van der Waals surface area contributed by atoms with Crippen LogP contribution in [-0.2, 0) is 20.1 Å². The Labute approximate surface area is 141 Å². The normalized spacial score (nSPS) is 13.3. The van der Waals surface area contributed by atoms with Crippen molar-refractivity contribution in [3.8, 4) is 0 Å². The first-order valence-electron chi connectivity index (χ1n) is 7.37. The molecule has 116 valence electrons. The molecule has 0 spiro atoms. The second-order valence-electron chi connectivity index (χ2n) is 5.70. The van der Waals surface area contributed by atoms with E-state index in [0.29, 0.717) is 5.56 Å². The van der Waals surface area contributed by atoms with E-state index in [2.05, 4.69) is 37.7 Å². The van der Waals surface area contributed by atoms with Crippen molar-refractivity contribution in [2.24, 2.45) is 7.05 Å². The molecule has 3 aromatic rings. The van der Waals surface area contributed by atoms with E-state index in [0.717, 1.165) is 34.2 Å². The molecule has 2 N–H and O–H groups in total. The molecule has 0 aliphatic carbocycles. The van der Waals surface area contributed by atoms with Crippen LogP contribution in [0.5, 0.6) is 0 Å². The first-order chi connectivity index (χ1) is 11.1. The minimum Gasteiger partial charge on any atom is -0.322 e. The Morgan fingerprint density at radius 3 is 2.96 bits per heavy atom. The summed E-state index contributed by atoms with van der Waals surface area (Å²) in [5.41, 5.74) is 4.88. The van der Waals surface area contributed by atoms with Gasteiger partial charge >= 0.3 is 0 Å². The van der Waals surface area contributed by atoms with Crippen LogP contribution in [0.15, 0.2) is 41.0 Å². The lowest BCUT2D eigenvalue weighted by molar-refractivity contribution is 0.102. The third-order valence-electron chi connectivity index (χ3n) is 4.17. The standard InChI is InChI=1S/C17H15BrN4O/c1-22-16-6-12(18)5-14(15(16)9-20-22)17(23)21-13-3-2-10-7-19-8-11(10)4-13/h2-6,9,19H,7-8H2,1H3,(H,21,23). The van der Waals surface area contributed by atoms with Crippen LogP contribution < -0.4 is 10.6 Å². The molecular weight excluding hydrogens is 356 g/mol. The molecule has 1 aromatic heterocycles. The van der Waals surface area contributed by atoms with Gasteiger partial charge in [-0.15, -0.1) is 0 Å². The molecule has 6 heteroatoms. The third-order valence-corrected chi connectivity index (χ3v) is 4.63. The highest BCUT2D eigenvalue weighted by molar-refractivity contribution is 9.10. The van der Waals surface area contributed by atoms with Gasteiger partial charge < -0.3 is 10.6 Å². The molecule has 5 nitrogen and oxygen atoms in total. The molecular formula is C17H15BrN4O. The highest BCUT2D eigenvalue weighted by Crippen LogP contribution is 2.26. The van der Waals surface area contributed by atoms with Crippen molar-refractivity contribution in [3.63, 3.8) is 0 Å². The molecule has 2 aromatic carbocycles. The minimum atomic E-state index is -0.129. The Morgan fingerprint density at radius 1 is 1.26 bits per heavy atom. The van der Waals surface area contributed by atoms with Crippen LogP contribution in [0, 0.1) is 0 Å². The van der Waals surface area contributed by atoms with Crippen LogP contribution in [0.3, 0.4) is 0 Å².